The molecular weight excluding hydrogens is 398 g/mol. The van der Waals surface area contributed by atoms with Crippen LogP contribution in [0.2, 0.25) is 0 Å². The van der Waals surface area contributed by atoms with Gasteiger partial charge in [0.2, 0.25) is 5.91 Å². The lowest BCUT2D eigenvalue weighted by Gasteiger charge is -2.35. The van der Waals surface area contributed by atoms with Gasteiger partial charge in [0.15, 0.2) is 0 Å². The number of benzene rings is 1. The molecule has 6 nitrogen and oxygen atoms in total. The molecule has 2 N–H and O–H groups in total. The minimum atomic E-state index is -0.0854. The second-order valence-electron chi connectivity index (χ2n) is 7.92. The highest BCUT2D eigenvalue weighted by atomic mass is 32.1. The molecular formula is C23H31N3O3S. The summed E-state index contributed by atoms with van der Waals surface area (Å²) in [5.41, 5.74) is 3.03. The van der Waals surface area contributed by atoms with E-state index in [1.54, 1.807) is 6.07 Å². The first kappa shape index (κ1) is 22.5. The van der Waals surface area contributed by atoms with Gasteiger partial charge in [-0.2, -0.15) is 11.3 Å². The van der Waals surface area contributed by atoms with Crippen molar-refractivity contribution in [2.24, 2.45) is 0 Å². The Bertz CT molecular complexity index is 798. The van der Waals surface area contributed by atoms with E-state index in [2.05, 4.69) is 53.6 Å². The molecule has 1 aliphatic rings. The van der Waals surface area contributed by atoms with Crippen LogP contribution in [0.25, 0.3) is 0 Å². The Morgan fingerprint density at radius 3 is 2.43 bits per heavy atom. The third kappa shape index (κ3) is 7.23. The highest BCUT2D eigenvalue weighted by molar-refractivity contribution is 7.08. The van der Waals surface area contributed by atoms with E-state index < -0.39 is 0 Å². The van der Waals surface area contributed by atoms with Crippen LogP contribution in [0.1, 0.15) is 48.2 Å². The van der Waals surface area contributed by atoms with Crippen LogP contribution in [0, 0.1) is 0 Å². The molecule has 2 atom stereocenters. The maximum atomic E-state index is 12.0. The van der Waals surface area contributed by atoms with E-state index in [1.165, 1.54) is 16.9 Å². The monoisotopic (exact) mass is 429 g/mol. The zero-order chi connectivity index (χ0) is 21.3. The zero-order valence-corrected chi connectivity index (χ0v) is 18.5. The summed E-state index contributed by atoms with van der Waals surface area (Å²) in [4.78, 5) is 26.3. The van der Waals surface area contributed by atoms with Crippen molar-refractivity contribution in [2.75, 3.05) is 19.6 Å². The van der Waals surface area contributed by atoms with E-state index >= 15 is 0 Å². The Balaban J connectivity index is 1.32. The van der Waals surface area contributed by atoms with Crippen LogP contribution in [0.5, 0.6) is 0 Å². The Morgan fingerprint density at radius 2 is 1.77 bits per heavy atom. The first-order valence-electron chi connectivity index (χ1n) is 10.5. The number of hydrogen-bond acceptors (Lipinski definition) is 5. The topological polar surface area (TPSA) is 70.7 Å². The van der Waals surface area contributed by atoms with Gasteiger partial charge in [0.25, 0.3) is 5.91 Å². The van der Waals surface area contributed by atoms with Gasteiger partial charge in [-0.05, 0) is 42.8 Å². The van der Waals surface area contributed by atoms with Gasteiger partial charge in [0.1, 0.15) is 0 Å². The van der Waals surface area contributed by atoms with Crippen molar-refractivity contribution < 1.29 is 14.3 Å². The quantitative estimate of drug-likeness (QED) is 0.601. The van der Waals surface area contributed by atoms with E-state index in [4.69, 9.17) is 4.74 Å². The van der Waals surface area contributed by atoms with Gasteiger partial charge >= 0.3 is 0 Å². The number of thiophene rings is 1. The predicted octanol–water partition coefficient (Wildman–Crippen LogP) is 3.18. The molecule has 1 aromatic carbocycles. The predicted molar refractivity (Wildman–Crippen MR) is 119 cm³/mol. The maximum Gasteiger partial charge on any atom is 0.252 e. The zero-order valence-electron chi connectivity index (χ0n) is 17.7. The Hall–Kier alpha value is -2.22. The van der Waals surface area contributed by atoms with Crippen molar-refractivity contribution in [3.05, 3.63) is 57.8 Å². The van der Waals surface area contributed by atoms with E-state index in [0.717, 1.165) is 25.2 Å². The standard InChI is InChI=1S/C23H31N3O3S/c1-17-13-26(14-18(2)29-17)15-20-7-5-19(6-8-20)12-25-22(27)4-3-10-24-23(28)21-9-11-30-16-21/h5-9,11,16-18H,3-4,10,12-15H2,1-2H3,(H,24,28)(H,25,27). The van der Waals surface area contributed by atoms with Gasteiger partial charge in [0.05, 0.1) is 12.2 Å². The number of nitrogens with zero attached hydrogens (tertiary/aromatic N) is 1. The van der Waals surface area contributed by atoms with Crippen molar-refractivity contribution >= 4 is 23.2 Å². The average Bonchev–Trinajstić information content (AvgIpc) is 3.25. The van der Waals surface area contributed by atoms with E-state index in [1.807, 2.05) is 10.8 Å². The molecule has 2 unspecified atom stereocenters. The summed E-state index contributed by atoms with van der Waals surface area (Å²) < 4.78 is 5.79. The number of ether oxygens (including phenoxy) is 1. The molecule has 1 aromatic heterocycles. The molecule has 1 fully saturated rings. The fourth-order valence-corrected chi connectivity index (χ4v) is 4.31. The Kier molecular flexibility index (Phi) is 8.42. The van der Waals surface area contributed by atoms with Gasteiger partial charge in [-0.1, -0.05) is 24.3 Å². The third-order valence-electron chi connectivity index (χ3n) is 5.06. The first-order chi connectivity index (χ1) is 14.5. The van der Waals surface area contributed by atoms with Crippen LogP contribution < -0.4 is 10.6 Å². The van der Waals surface area contributed by atoms with Crippen LogP contribution in [0.4, 0.5) is 0 Å². The number of carbonyl (C=O) groups excluding carboxylic acids is 2. The minimum absolute atomic E-state index is 0.000140. The average molecular weight is 430 g/mol. The van der Waals surface area contributed by atoms with Gasteiger partial charge < -0.3 is 15.4 Å². The molecule has 7 heteroatoms. The van der Waals surface area contributed by atoms with Crippen molar-refractivity contribution in [3.8, 4) is 0 Å². The first-order valence-corrected chi connectivity index (χ1v) is 11.5. The lowest BCUT2D eigenvalue weighted by molar-refractivity contribution is -0.121. The Morgan fingerprint density at radius 1 is 1.07 bits per heavy atom. The summed E-state index contributed by atoms with van der Waals surface area (Å²) in [5.74, 6) is -0.0853. The molecule has 1 saturated heterocycles. The normalized spacial score (nSPS) is 19.4. The molecule has 0 radical (unpaired) electrons. The Labute approximate surface area is 182 Å². The molecule has 0 saturated carbocycles. The molecule has 0 spiro atoms. The molecule has 2 amide bonds. The van der Waals surface area contributed by atoms with E-state index in [9.17, 15) is 9.59 Å². The summed E-state index contributed by atoms with van der Waals surface area (Å²) in [6.45, 7) is 8.08. The number of rotatable bonds is 9. The smallest absolute Gasteiger partial charge is 0.252 e. The number of amides is 2. The summed E-state index contributed by atoms with van der Waals surface area (Å²) in [5, 5.41) is 9.47. The van der Waals surface area contributed by atoms with E-state index in [-0.39, 0.29) is 24.0 Å². The third-order valence-corrected chi connectivity index (χ3v) is 5.75. The van der Waals surface area contributed by atoms with Crippen LogP contribution in [-0.2, 0) is 22.6 Å². The molecule has 0 bridgehead atoms. The van der Waals surface area contributed by atoms with Gasteiger partial charge in [-0.3, -0.25) is 14.5 Å². The molecule has 2 heterocycles. The summed E-state index contributed by atoms with van der Waals surface area (Å²) >= 11 is 1.49. The molecule has 30 heavy (non-hydrogen) atoms. The van der Waals surface area contributed by atoms with Crippen molar-refractivity contribution in [1.29, 1.82) is 0 Å². The molecule has 2 aromatic rings. The molecule has 162 valence electrons. The van der Waals surface area contributed by atoms with Crippen LogP contribution >= 0.6 is 11.3 Å². The van der Waals surface area contributed by atoms with Gasteiger partial charge in [-0.25, -0.2) is 0 Å². The number of morpholine rings is 1. The van der Waals surface area contributed by atoms with Gasteiger partial charge in [-0.15, -0.1) is 0 Å². The van der Waals surface area contributed by atoms with Crippen LogP contribution in [0.3, 0.4) is 0 Å². The van der Waals surface area contributed by atoms with Crippen molar-refractivity contribution in [1.82, 2.24) is 15.5 Å². The highest BCUT2D eigenvalue weighted by Gasteiger charge is 2.21. The summed E-state index contributed by atoms with van der Waals surface area (Å²) in [6, 6.07) is 10.2. The summed E-state index contributed by atoms with van der Waals surface area (Å²) in [6.07, 6.45) is 1.56. The van der Waals surface area contributed by atoms with Crippen molar-refractivity contribution in [2.45, 2.75) is 52.0 Å². The summed E-state index contributed by atoms with van der Waals surface area (Å²) in [7, 11) is 0. The van der Waals surface area contributed by atoms with E-state index in [0.29, 0.717) is 31.5 Å². The fraction of sp³-hybridized carbons (Fsp3) is 0.478. The van der Waals surface area contributed by atoms with Crippen LogP contribution in [-0.4, -0.2) is 48.6 Å². The molecule has 3 rings (SSSR count). The SMILES string of the molecule is CC1CN(Cc2ccc(CNC(=O)CCCNC(=O)c3ccsc3)cc2)CC(C)O1. The minimum Gasteiger partial charge on any atom is -0.373 e. The molecule has 0 aliphatic carbocycles. The van der Waals surface area contributed by atoms with Crippen LogP contribution in [0.15, 0.2) is 41.1 Å². The second-order valence-corrected chi connectivity index (χ2v) is 8.70. The molecule has 1 aliphatic heterocycles. The lowest BCUT2D eigenvalue weighted by atomic mass is 10.1. The number of nitrogens with one attached hydrogen (secondary N) is 2. The highest BCUT2D eigenvalue weighted by Crippen LogP contribution is 2.15. The van der Waals surface area contributed by atoms with Crippen molar-refractivity contribution in [3.63, 3.8) is 0 Å². The lowest BCUT2D eigenvalue weighted by Crippen LogP contribution is -2.44. The van der Waals surface area contributed by atoms with Gasteiger partial charge in [0, 0.05) is 50.1 Å². The largest absolute Gasteiger partial charge is 0.373 e. The maximum absolute atomic E-state index is 12.0. The second kappa shape index (κ2) is 11.2. The fourth-order valence-electron chi connectivity index (χ4n) is 3.67. The number of hydrogen-bond donors (Lipinski definition) is 2. The number of carbonyl (C=O) groups is 2.